The number of aryl methyl sites for hydroxylation is 1. The number of aromatic amines is 1. The summed E-state index contributed by atoms with van der Waals surface area (Å²) in [7, 11) is 0. The normalized spacial score (nSPS) is 14.7. The molecule has 9 heteroatoms. The zero-order chi connectivity index (χ0) is 20.8. The number of aromatic nitrogens is 4. The molecule has 3 aromatic heterocycles. The highest BCUT2D eigenvalue weighted by Crippen LogP contribution is 2.32. The van der Waals surface area contributed by atoms with Gasteiger partial charge >= 0.3 is 6.68 Å². The van der Waals surface area contributed by atoms with Gasteiger partial charge in [0, 0.05) is 36.4 Å². The standard InChI is InChI=1S/C19H21FN4O.CHF3.H2/c1-12-23-16(9-18(24-12)25-13-5-3-2-4-6-13)14-11-22-15-7-8-21-17(10-20)19(14)15;2-1(3)4;/h7-9,11,13,22H,2-6,10H2,1H3;1H;1H. The van der Waals surface area contributed by atoms with Gasteiger partial charge in [-0.2, -0.15) is 18.2 Å². The fourth-order valence-corrected chi connectivity index (χ4v) is 3.54. The molecule has 1 N–H and O–H groups in total. The van der Waals surface area contributed by atoms with Gasteiger partial charge < -0.3 is 9.72 Å². The number of pyridine rings is 1. The van der Waals surface area contributed by atoms with Crippen molar-refractivity contribution in [3.05, 3.63) is 36.0 Å². The molecule has 158 valence electrons. The molecule has 0 bridgehead atoms. The molecule has 4 rings (SSSR count). The number of nitrogens with one attached hydrogen (secondary N) is 1. The predicted molar refractivity (Wildman–Crippen MR) is 103 cm³/mol. The second kappa shape index (κ2) is 9.67. The van der Waals surface area contributed by atoms with Crippen LogP contribution in [0.5, 0.6) is 5.88 Å². The number of fused-ring (bicyclic) bond motifs is 1. The SMILES string of the molecule is Cc1nc(OC2CCCCC2)cc(-c2c[nH]c3ccnc(CF)c23)n1.FC(F)F.[HH]. The van der Waals surface area contributed by atoms with Crippen LogP contribution < -0.4 is 4.74 Å². The third-order valence-corrected chi connectivity index (χ3v) is 4.73. The van der Waals surface area contributed by atoms with E-state index in [0.29, 0.717) is 17.4 Å². The minimum Gasteiger partial charge on any atom is -0.474 e. The van der Waals surface area contributed by atoms with Crippen LogP contribution in [0.1, 0.15) is 45.0 Å². The third-order valence-electron chi connectivity index (χ3n) is 4.73. The van der Waals surface area contributed by atoms with Gasteiger partial charge in [-0.15, -0.1) is 0 Å². The average Bonchev–Trinajstić information content (AvgIpc) is 3.12. The van der Waals surface area contributed by atoms with E-state index in [0.717, 1.165) is 35.0 Å². The summed E-state index contributed by atoms with van der Waals surface area (Å²) < 4.78 is 48.5. The number of rotatable bonds is 4. The number of nitrogens with zero attached hydrogens (tertiary/aromatic N) is 3. The Balaban J connectivity index is 0.000000591. The lowest BCUT2D eigenvalue weighted by Crippen LogP contribution is -2.20. The molecule has 1 fully saturated rings. The molecule has 3 aromatic rings. The minimum atomic E-state index is -3.67. The van der Waals surface area contributed by atoms with Gasteiger partial charge in [-0.05, 0) is 38.7 Å². The molecular weight excluding hydrogens is 388 g/mol. The molecule has 0 radical (unpaired) electrons. The van der Waals surface area contributed by atoms with Crippen molar-refractivity contribution in [1.29, 1.82) is 0 Å². The number of alkyl halides is 4. The lowest BCUT2D eigenvalue weighted by atomic mass is 9.98. The first-order valence-corrected chi connectivity index (χ1v) is 9.43. The predicted octanol–water partition coefficient (Wildman–Crippen LogP) is 5.93. The van der Waals surface area contributed by atoms with E-state index < -0.39 is 13.4 Å². The van der Waals surface area contributed by atoms with E-state index in [4.69, 9.17) is 4.74 Å². The van der Waals surface area contributed by atoms with Crippen molar-refractivity contribution in [3.8, 4) is 17.1 Å². The Morgan fingerprint density at radius 2 is 1.93 bits per heavy atom. The van der Waals surface area contributed by atoms with Crippen molar-refractivity contribution >= 4 is 10.9 Å². The van der Waals surface area contributed by atoms with Crippen LogP contribution in [0.3, 0.4) is 0 Å². The summed E-state index contributed by atoms with van der Waals surface area (Å²) in [6.45, 7) is -2.43. The molecule has 0 unspecified atom stereocenters. The van der Waals surface area contributed by atoms with Gasteiger partial charge in [0.2, 0.25) is 5.88 Å². The summed E-state index contributed by atoms with van der Waals surface area (Å²) in [5.41, 5.74) is 2.82. The van der Waals surface area contributed by atoms with E-state index in [2.05, 4.69) is 19.9 Å². The lowest BCUT2D eigenvalue weighted by molar-refractivity contribution is 0.00819. The van der Waals surface area contributed by atoms with Gasteiger partial charge in [0.05, 0.1) is 11.4 Å². The molecule has 0 amide bonds. The summed E-state index contributed by atoms with van der Waals surface area (Å²) in [4.78, 5) is 16.3. The average molecular weight is 412 g/mol. The van der Waals surface area contributed by atoms with Crippen LogP contribution in [0, 0.1) is 6.92 Å². The largest absolute Gasteiger partial charge is 0.474 e. The van der Waals surface area contributed by atoms with Crippen LogP contribution in [0.25, 0.3) is 22.2 Å². The van der Waals surface area contributed by atoms with Gasteiger partial charge in [0.1, 0.15) is 18.6 Å². The first-order chi connectivity index (χ1) is 14.0. The van der Waals surface area contributed by atoms with Gasteiger partial charge in [0.15, 0.2) is 0 Å². The Kier molecular flexibility index (Phi) is 7.00. The van der Waals surface area contributed by atoms with Crippen molar-refractivity contribution in [2.45, 2.75) is 58.5 Å². The molecule has 0 saturated heterocycles. The number of ether oxygens (including phenoxy) is 1. The molecule has 29 heavy (non-hydrogen) atoms. The summed E-state index contributed by atoms with van der Waals surface area (Å²) in [5.74, 6) is 1.23. The fourth-order valence-electron chi connectivity index (χ4n) is 3.54. The van der Waals surface area contributed by atoms with E-state index in [9.17, 15) is 17.6 Å². The molecule has 1 saturated carbocycles. The van der Waals surface area contributed by atoms with Crippen molar-refractivity contribution in [2.75, 3.05) is 0 Å². The van der Waals surface area contributed by atoms with E-state index in [1.807, 2.05) is 25.3 Å². The molecule has 1 aliphatic rings. The summed E-state index contributed by atoms with van der Waals surface area (Å²) >= 11 is 0. The summed E-state index contributed by atoms with van der Waals surface area (Å²) in [6, 6.07) is 3.69. The van der Waals surface area contributed by atoms with E-state index in [-0.39, 0.29) is 7.53 Å². The maximum Gasteiger partial charge on any atom is 0.379 e. The molecule has 1 aliphatic carbocycles. The number of H-pyrrole nitrogens is 1. The molecule has 0 spiro atoms. The van der Waals surface area contributed by atoms with E-state index >= 15 is 0 Å². The highest BCUT2D eigenvalue weighted by molar-refractivity contribution is 5.96. The Bertz CT molecular complexity index is 945. The van der Waals surface area contributed by atoms with Gasteiger partial charge in [-0.3, -0.25) is 4.98 Å². The topological polar surface area (TPSA) is 63.7 Å². The van der Waals surface area contributed by atoms with Crippen LogP contribution >= 0.6 is 0 Å². The first kappa shape index (κ1) is 21.0. The molecule has 3 heterocycles. The van der Waals surface area contributed by atoms with Crippen molar-refractivity contribution < 1.29 is 23.7 Å². The molecular formula is C20H24F4N4O. The van der Waals surface area contributed by atoms with E-state index in [1.165, 1.54) is 19.3 Å². The smallest absolute Gasteiger partial charge is 0.379 e. The number of hydrogen-bond acceptors (Lipinski definition) is 4. The highest BCUT2D eigenvalue weighted by Gasteiger charge is 2.18. The Morgan fingerprint density at radius 3 is 2.62 bits per heavy atom. The van der Waals surface area contributed by atoms with Crippen molar-refractivity contribution in [1.82, 2.24) is 19.9 Å². The molecule has 0 atom stereocenters. The van der Waals surface area contributed by atoms with Crippen LogP contribution in [0.15, 0.2) is 24.5 Å². The third kappa shape index (κ3) is 5.42. The van der Waals surface area contributed by atoms with Gasteiger partial charge in [0.25, 0.3) is 0 Å². The van der Waals surface area contributed by atoms with Crippen molar-refractivity contribution in [3.63, 3.8) is 0 Å². The zero-order valence-corrected chi connectivity index (χ0v) is 16.0. The quantitative estimate of drug-likeness (QED) is 0.539. The number of hydrogen-bond donors (Lipinski definition) is 1. The Labute approximate surface area is 167 Å². The maximum absolute atomic E-state index is 13.4. The highest BCUT2D eigenvalue weighted by atomic mass is 19.4. The fraction of sp³-hybridized carbons (Fsp3) is 0.450. The Hall–Kier alpha value is -2.71. The molecule has 0 aromatic carbocycles. The molecule has 0 aliphatic heterocycles. The lowest BCUT2D eigenvalue weighted by Gasteiger charge is -2.22. The maximum atomic E-state index is 13.4. The van der Waals surface area contributed by atoms with E-state index in [1.54, 1.807) is 6.20 Å². The summed E-state index contributed by atoms with van der Waals surface area (Å²) in [5, 5.41) is 0.770. The van der Waals surface area contributed by atoms with Crippen LogP contribution in [0.4, 0.5) is 17.6 Å². The van der Waals surface area contributed by atoms with Gasteiger partial charge in [-0.25, -0.2) is 9.37 Å². The van der Waals surface area contributed by atoms with Crippen LogP contribution in [-0.4, -0.2) is 32.7 Å². The van der Waals surface area contributed by atoms with Gasteiger partial charge in [-0.1, -0.05) is 6.42 Å². The molecule has 5 nitrogen and oxygen atoms in total. The zero-order valence-electron chi connectivity index (χ0n) is 16.0. The monoisotopic (exact) mass is 412 g/mol. The summed E-state index contributed by atoms with van der Waals surface area (Å²) in [6.07, 6.45) is 9.51. The Morgan fingerprint density at radius 1 is 1.21 bits per heavy atom. The second-order valence-corrected chi connectivity index (χ2v) is 6.78. The number of halogens is 4. The van der Waals surface area contributed by atoms with Crippen LogP contribution in [-0.2, 0) is 6.67 Å². The second-order valence-electron chi connectivity index (χ2n) is 6.78. The first-order valence-electron chi connectivity index (χ1n) is 9.43. The van der Waals surface area contributed by atoms with Crippen molar-refractivity contribution in [2.24, 2.45) is 0 Å². The minimum absolute atomic E-state index is 0. The van der Waals surface area contributed by atoms with Crippen LogP contribution in [0.2, 0.25) is 0 Å².